The third-order valence-electron chi connectivity index (χ3n) is 3.48. The van der Waals surface area contributed by atoms with E-state index in [9.17, 15) is 9.59 Å². The van der Waals surface area contributed by atoms with E-state index in [-0.39, 0.29) is 5.91 Å². The molecule has 0 aliphatic heterocycles. The van der Waals surface area contributed by atoms with Gasteiger partial charge in [0.2, 0.25) is 0 Å². The van der Waals surface area contributed by atoms with Crippen molar-refractivity contribution in [2.75, 3.05) is 32.6 Å². The second-order valence-corrected chi connectivity index (χ2v) is 5.32. The lowest BCUT2D eigenvalue weighted by molar-refractivity contribution is 0.0774. The molecule has 0 heterocycles. The molecule has 2 rings (SSSR count). The number of urea groups is 1. The SMILES string of the molecule is COc1ccc(OCCN(C)C(=O)c2cccc(NC(N)=O)c2)cc1. The van der Waals surface area contributed by atoms with Crippen LogP contribution in [0.3, 0.4) is 0 Å². The number of primary amides is 1. The van der Waals surface area contributed by atoms with Gasteiger partial charge in [0, 0.05) is 18.3 Å². The highest BCUT2D eigenvalue weighted by molar-refractivity contribution is 5.96. The predicted octanol–water partition coefficient (Wildman–Crippen LogP) is 2.34. The first-order valence-electron chi connectivity index (χ1n) is 7.68. The fraction of sp³-hybridized carbons (Fsp3) is 0.222. The van der Waals surface area contributed by atoms with Crippen LogP contribution < -0.4 is 20.5 Å². The number of ether oxygens (including phenoxy) is 2. The fourth-order valence-electron chi connectivity index (χ4n) is 2.17. The van der Waals surface area contributed by atoms with Gasteiger partial charge < -0.3 is 25.4 Å². The quantitative estimate of drug-likeness (QED) is 0.807. The number of methoxy groups -OCH3 is 1. The third kappa shape index (κ3) is 5.42. The Morgan fingerprint density at radius 2 is 1.80 bits per heavy atom. The number of nitrogens with two attached hydrogens (primary N) is 1. The summed E-state index contributed by atoms with van der Waals surface area (Å²) in [5.41, 5.74) is 6.01. The summed E-state index contributed by atoms with van der Waals surface area (Å²) >= 11 is 0. The van der Waals surface area contributed by atoms with Crippen molar-refractivity contribution in [3.05, 3.63) is 54.1 Å². The lowest BCUT2D eigenvalue weighted by Gasteiger charge is -2.18. The number of rotatable bonds is 7. The molecule has 3 amide bonds. The Hall–Kier alpha value is -3.22. The summed E-state index contributed by atoms with van der Waals surface area (Å²) in [6.45, 7) is 0.770. The minimum Gasteiger partial charge on any atom is -0.497 e. The summed E-state index contributed by atoms with van der Waals surface area (Å²) in [6, 6.07) is 13.1. The molecule has 0 aromatic heterocycles. The zero-order valence-electron chi connectivity index (χ0n) is 14.2. The Labute approximate surface area is 146 Å². The number of amides is 3. The van der Waals surface area contributed by atoms with Crippen LogP contribution in [0, 0.1) is 0 Å². The fourth-order valence-corrected chi connectivity index (χ4v) is 2.17. The topological polar surface area (TPSA) is 93.9 Å². The maximum atomic E-state index is 12.4. The van der Waals surface area contributed by atoms with Crippen molar-refractivity contribution in [1.82, 2.24) is 4.90 Å². The van der Waals surface area contributed by atoms with Gasteiger partial charge in [0.15, 0.2) is 0 Å². The zero-order valence-corrected chi connectivity index (χ0v) is 14.2. The van der Waals surface area contributed by atoms with Crippen LogP contribution in [0.4, 0.5) is 10.5 Å². The number of benzene rings is 2. The molecule has 7 nitrogen and oxygen atoms in total. The number of carbonyl (C=O) groups is 2. The van der Waals surface area contributed by atoms with Gasteiger partial charge in [-0.3, -0.25) is 4.79 Å². The molecule has 0 aliphatic rings. The minimum absolute atomic E-state index is 0.175. The number of hydrogen-bond acceptors (Lipinski definition) is 4. The molecule has 132 valence electrons. The van der Waals surface area contributed by atoms with E-state index in [0.717, 1.165) is 5.75 Å². The van der Waals surface area contributed by atoms with E-state index >= 15 is 0 Å². The molecule has 0 unspecified atom stereocenters. The molecule has 2 aromatic rings. The van der Waals surface area contributed by atoms with Crippen molar-refractivity contribution in [2.24, 2.45) is 5.73 Å². The summed E-state index contributed by atoms with van der Waals surface area (Å²) in [5, 5.41) is 2.45. The number of likely N-dealkylation sites (N-methyl/N-ethyl adjacent to an activating group) is 1. The molecule has 0 atom stereocenters. The standard InChI is InChI=1S/C18H21N3O4/c1-21(10-11-25-16-8-6-15(24-2)7-9-16)17(22)13-4-3-5-14(12-13)20-18(19)23/h3-9,12H,10-11H2,1-2H3,(H3,19,20,23). The maximum absolute atomic E-state index is 12.4. The van der Waals surface area contributed by atoms with Crippen LogP contribution in [0.25, 0.3) is 0 Å². The molecule has 0 aliphatic carbocycles. The average molecular weight is 343 g/mol. The molecule has 0 saturated carbocycles. The second-order valence-electron chi connectivity index (χ2n) is 5.32. The van der Waals surface area contributed by atoms with Crippen molar-refractivity contribution in [3.63, 3.8) is 0 Å². The van der Waals surface area contributed by atoms with E-state index in [1.54, 1.807) is 67.6 Å². The lowest BCUT2D eigenvalue weighted by Crippen LogP contribution is -2.31. The first-order valence-corrected chi connectivity index (χ1v) is 7.68. The Balaban J connectivity index is 1.88. The van der Waals surface area contributed by atoms with Gasteiger partial charge in [-0.25, -0.2) is 4.79 Å². The smallest absolute Gasteiger partial charge is 0.316 e. The molecular formula is C18H21N3O4. The Kier molecular flexibility index (Phi) is 6.22. The molecule has 7 heteroatoms. The van der Waals surface area contributed by atoms with E-state index < -0.39 is 6.03 Å². The molecule has 3 N–H and O–H groups in total. The van der Waals surface area contributed by atoms with Crippen LogP contribution in [-0.2, 0) is 0 Å². The third-order valence-corrected chi connectivity index (χ3v) is 3.48. The molecule has 25 heavy (non-hydrogen) atoms. The van der Waals surface area contributed by atoms with Crippen molar-refractivity contribution in [3.8, 4) is 11.5 Å². The first-order chi connectivity index (χ1) is 12.0. The van der Waals surface area contributed by atoms with Gasteiger partial charge in [0.05, 0.1) is 13.7 Å². The van der Waals surface area contributed by atoms with Crippen LogP contribution in [0.2, 0.25) is 0 Å². The Bertz CT molecular complexity index is 731. The van der Waals surface area contributed by atoms with E-state index in [1.165, 1.54) is 0 Å². The Morgan fingerprint density at radius 1 is 1.12 bits per heavy atom. The van der Waals surface area contributed by atoms with Crippen LogP contribution in [0.5, 0.6) is 11.5 Å². The molecule has 0 saturated heterocycles. The van der Waals surface area contributed by atoms with Gasteiger partial charge in [0.25, 0.3) is 5.91 Å². The van der Waals surface area contributed by atoms with Crippen molar-refractivity contribution in [2.45, 2.75) is 0 Å². The summed E-state index contributed by atoms with van der Waals surface area (Å²) in [6.07, 6.45) is 0. The maximum Gasteiger partial charge on any atom is 0.316 e. The van der Waals surface area contributed by atoms with E-state index in [0.29, 0.717) is 30.2 Å². The highest BCUT2D eigenvalue weighted by Gasteiger charge is 2.12. The van der Waals surface area contributed by atoms with Crippen LogP contribution in [0.15, 0.2) is 48.5 Å². The van der Waals surface area contributed by atoms with Crippen molar-refractivity contribution in [1.29, 1.82) is 0 Å². The van der Waals surface area contributed by atoms with E-state index in [1.807, 2.05) is 0 Å². The summed E-state index contributed by atoms with van der Waals surface area (Å²) in [5.74, 6) is 1.28. The summed E-state index contributed by atoms with van der Waals surface area (Å²) in [4.78, 5) is 24.9. The summed E-state index contributed by atoms with van der Waals surface area (Å²) in [7, 11) is 3.29. The predicted molar refractivity (Wildman–Crippen MR) is 95.1 cm³/mol. The highest BCUT2D eigenvalue weighted by Crippen LogP contribution is 2.17. The first kappa shape index (κ1) is 18.1. The van der Waals surface area contributed by atoms with Crippen LogP contribution >= 0.6 is 0 Å². The van der Waals surface area contributed by atoms with Gasteiger partial charge in [-0.05, 0) is 42.5 Å². The van der Waals surface area contributed by atoms with E-state index in [2.05, 4.69) is 5.32 Å². The Morgan fingerprint density at radius 3 is 2.44 bits per heavy atom. The molecule has 0 bridgehead atoms. The average Bonchev–Trinajstić information content (AvgIpc) is 2.61. The van der Waals surface area contributed by atoms with Crippen LogP contribution in [0.1, 0.15) is 10.4 Å². The zero-order chi connectivity index (χ0) is 18.2. The summed E-state index contributed by atoms with van der Waals surface area (Å²) < 4.78 is 10.7. The molecule has 2 aromatic carbocycles. The van der Waals surface area contributed by atoms with Crippen molar-refractivity contribution >= 4 is 17.6 Å². The van der Waals surface area contributed by atoms with Gasteiger partial charge in [-0.15, -0.1) is 0 Å². The molecule has 0 fully saturated rings. The minimum atomic E-state index is -0.675. The van der Waals surface area contributed by atoms with E-state index in [4.69, 9.17) is 15.2 Å². The largest absolute Gasteiger partial charge is 0.497 e. The number of anilines is 1. The van der Waals surface area contributed by atoms with Gasteiger partial charge in [-0.1, -0.05) is 6.07 Å². The van der Waals surface area contributed by atoms with Gasteiger partial charge in [-0.2, -0.15) is 0 Å². The highest BCUT2D eigenvalue weighted by atomic mass is 16.5. The van der Waals surface area contributed by atoms with Gasteiger partial charge in [0.1, 0.15) is 18.1 Å². The van der Waals surface area contributed by atoms with Gasteiger partial charge >= 0.3 is 6.03 Å². The molecule has 0 radical (unpaired) electrons. The van der Waals surface area contributed by atoms with Crippen LogP contribution in [-0.4, -0.2) is 44.1 Å². The second kappa shape index (κ2) is 8.58. The molecule has 0 spiro atoms. The molecular weight excluding hydrogens is 322 g/mol. The number of hydrogen-bond donors (Lipinski definition) is 2. The van der Waals surface area contributed by atoms with Crippen molar-refractivity contribution < 1.29 is 19.1 Å². The number of nitrogens with one attached hydrogen (secondary N) is 1. The lowest BCUT2D eigenvalue weighted by atomic mass is 10.2. The number of carbonyl (C=O) groups excluding carboxylic acids is 2. The monoisotopic (exact) mass is 343 g/mol. The normalized spacial score (nSPS) is 10.0. The number of nitrogens with zero attached hydrogens (tertiary/aromatic N) is 1.